The van der Waals surface area contributed by atoms with Crippen LogP contribution >= 0.6 is 0 Å². The van der Waals surface area contributed by atoms with Crippen LogP contribution in [0.5, 0.6) is 0 Å². The molecule has 82 valence electrons. The lowest BCUT2D eigenvalue weighted by atomic mass is 9.93. The van der Waals surface area contributed by atoms with E-state index in [1.807, 2.05) is 0 Å². The molecule has 0 radical (unpaired) electrons. The van der Waals surface area contributed by atoms with Gasteiger partial charge in [-0.15, -0.1) is 0 Å². The lowest BCUT2D eigenvalue weighted by molar-refractivity contribution is -0.0632. The predicted octanol–water partition coefficient (Wildman–Crippen LogP) is 2.33. The fraction of sp³-hybridized carbons (Fsp3) is 1.00. The molecule has 0 amide bonds. The zero-order valence-corrected chi connectivity index (χ0v) is 9.73. The second kappa shape index (κ2) is 3.49. The van der Waals surface area contributed by atoms with Crippen molar-refractivity contribution in [2.24, 2.45) is 5.41 Å². The average molecular weight is 197 g/mol. The van der Waals surface area contributed by atoms with Crippen LogP contribution in [0.2, 0.25) is 0 Å². The molecule has 1 unspecified atom stereocenters. The van der Waals surface area contributed by atoms with Crippen molar-refractivity contribution in [1.29, 1.82) is 0 Å². The van der Waals surface area contributed by atoms with Crippen LogP contribution in [0.4, 0.5) is 0 Å². The number of ether oxygens (including phenoxy) is 1. The lowest BCUT2D eigenvalue weighted by Crippen LogP contribution is -2.45. The monoisotopic (exact) mass is 197 g/mol. The highest BCUT2D eigenvalue weighted by Gasteiger charge is 2.38. The minimum atomic E-state index is 0.0837. The summed E-state index contributed by atoms with van der Waals surface area (Å²) in [6.45, 7) is 8.89. The molecule has 0 aromatic rings. The Balaban J connectivity index is 1.75. The third-order valence-corrected chi connectivity index (χ3v) is 3.62. The summed E-state index contributed by atoms with van der Waals surface area (Å²) in [5.41, 5.74) is 0.711. The Kier molecular flexibility index (Phi) is 2.61. The van der Waals surface area contributed by atoms with Gasteiger partial charge >= 0.3 is 0 Å². The maximum atomic E-state index is 5.70. The second-order valence-corrected chi connectivity index (χ2v) is 5.99. The van der Waals surface area contributed by atoms with E-state index in [4.69, 9.17) is 4.74 Å². The van der Waals surface area contributed by atoms with Crippen molar-refractivity contribution >= 4 is 0 Å². The molecule has 14 heavy (non-hydrogen) atoms. The van der Waals surface area contributed by atoms with Crippen LogP contribution in [-0.4, -0.2) is 24.8 Å². The number of hydrogen-bond donors (Lipinski definition) is 1. The van der Waals surface area contributed by atoms with Gasteiger partial charge in [0.2, 0.25) is 0 Å². The standard InChI is InChI=1S/C12H23NO/c1-11(2)8-10(4-7-14-11)13-9-12(3)5-6-12/h10,13H,4-9H2,1-3H3. The van der Waals surface area contributed by atoms with Gasteiger partial charge in [0.25, 0.3) is 0 Å². The van der Waals surface area contributed by atoms with Gasteiger partial charge in [-0.1, -0.05) is 6.92 Å². The smallest absolute Gasteiger partial charge is 0.0641 e. The maximum absolute atomic E-state index is 5.70. The topological polar surface area (TPSA) is 21.3 Å². The van der Waals surface area contributed by atoms with Gasteiger partial charge in [-0.2, -0.15) is 0 Å². The number of nitrogens with one attached hydrogen (secondary N) is 1. The largest absolute Gasteiger partial charge is 0.375 e. The van der Waals surface area contributed by atoms with Gasteiger partial charge in [0.15, 0.2) is 0 Å². The Hall–Kier alpha value is -0.0800. The Bertz CT molecular complexity index is 208. The summed E-state index contributed by atoms with van der Waals surface area (Å²) in [5.74, 6) is 0. The molecular weight excluding hydrogens is 174 g/mol. The van der Waals surface area contributed by atoms with E-state index in [-0.39, 0.29) is 5.60 Å². The summed E-state index contributed by atoms with van der Waals surface area (Å²) in [5, 5.41) is 3.70. The number of hydrogen-bond acceptors (Lipinski definition) is 2. The van der Waals surface area contributed by atoms with Gasteiger partial charge < -0.3 is 10.1 Å². The van der Waals surface area contributed by atoms with Gasteiger partial charge in [0.05, 0.1) is 5.60 Å². The summed E-state index contributed by atoms with van der Waals surface area (Å²) in [6.07, 6.45) is 5.15. The fourth-order valence-electron chi connectivity index (χ4n) is 2.19. The molecule has 1 saturated heterocycles. The van der Waals surface area contributed by atoms with Crippen LogP contribution in [0, 0.1) is 5.41 Å². The Morgan fingerprint density at radius 3 is 2.57 bits per heavy atom. The van der Waals surface area contributed by atoms with Crippen LogP contribution < -0.4 is 5.32 Å². The minimum absolute atomic E-state index is 0.0837. The second-order valence-electron chi connectivity index (χ2n) is 5.99. The lowest BCUT2D eigenvalue weighted by Gasteiger charge is -2.36. The average Bonchev–Trinajstić information content (AvgIpc) is 2.80. The Morgan fingerprint density at radius 1 is 1.29 bits per heavy atom. The molecule has 2 aliphatic rings. The molecule has 0 bridgehead atoms. The van der Waals surface area contributed by atoms with Crippen molar-refractivity contribution in [2.45, 2.75) is 58.1 Å². The van der Waals surface area contributed by atoms with Crippen LogP contribution in [0.25, 0.3) is 0 Å². The summed E-state index contributed by atoms with van der Waals surface area (Å²) < 4.78 is 5.70. The first-order valence-electron chi connectivity index (χ1n) is 5.87. The highest BCUT2D eigenvalue weighted by molar-refractivity contribution is 4.92. The van der Waals surface area contributed by atoms with Gasteiger partial charge in [-0.25, -0.2) is 0 Å². The summed E-state index contributed by atoms with van der Waals surface area (Å²) >= 11 is 0. The van der Waals surface area contributed by atoms with E-state index in [0.29, 0.717) is 11.5 Å². The molecule has 1 saturated carbocycles. The van der Waals surface area contributed by atoms with Crippen molar-refractivity contribution < 1.29 is 4.74 Å². The van der Waals surface area contributed by atoms with Crippen molar-refractivity contribution in [3.63, 3.8) is 0 Å². The first-order valence-corrected chi connectivity index (χ1v) is 5.87. The van der Waals surface area contributed by atoms with Crippen molar-refractivity contribution in [3.05, 3.63) is 0 Å². The third kappa shape index (κ3) is 2.71. The number of rotatable bonds is 3. The van der Waals surface area contributed by atoms with Crippen LogP contribution in [0.1, 0.15) is 46.5 Å². The van der Waals surface area contributed by atoms with Gasteiger partial charge in [-0.05, 0) is 44.9 Å². The third-order valence-electron chi connectivity index (χ3n) is 3.62. The van der Waals surface area contributed by atoms with Gasteiger partial charge in [0.1, 0.15) is 0 Å². The van der Waals surface area contributed by atoms with E-state index in [2.05, 4.69) is 26.1 Å². The predicted molar refractivity (Wildman–Crippen MR) is 58.4 cm³/mol. The van der Waals surface area contributed by atoms with Crippen molar-refractivity contribution in [3.8, 4) is 0 Å². The van der Waals surface area contributed by atoms with Crippen molar-refractivity contribution in [1.82, 2.24) is 5.32 Å². The molecule has 1 aliphatic carbocycles. The van der Waals surface area contributed by atoms with E-state index in [1.165, 1.54) is 25.8 Å². The maximum Gasteiger partial charge on any atom is 0.0641 e. The SMILES string of the molecule is CC1(CNC2CCOC(C)(C)C2)CC1. The quantitative estimate of drug-likeness (QED) is 0.750. The molecule has 0 aromatic carbocycles. The molecule has 0 aromatic heterocycles. The van der Waals surface area contributed by atoms with E-state index in [0.717, 1.165) is 13.0 Å². The molecule has 1 N–H and O–H groups in total. The molecule has 2 rings (SSSR count). The summed E-state index contributed by atoms with van der Waals surface area (Å²) in [6, 6.07) is 0.677. The molecule has 1 atom stereocenters. The van der Waals surface area contributed by atoms with Crippen LogP contribution in [-0.2, 0) is 4.74 Å². The van der Waals surface area contributed by atoms with Gasteiger partial charge in [0, 0.05) is 19.2 Å². The van der Waals surface area contributed by atoms with E-state index in [9.17, 15) is 0 Å². The Labute approximate surface area is 87.4 Å². The zero-order chi connectivity index (χ0) is 10.2. The fourth-order valence-corrected chi connectivity index (χ4v) is 2.19. The normalized spacial score (nSPS) is 34.1. The summed E-state index contributed by atoms with van der Waals surface area (Å²) in [4.78, 5) is 0. The first kappa shape index (κ1) is 10.4. The van der Waals surface area contributed by atoms with E-state index < -0.39 is 0 Å². The van der Waals surface area contributed by atoms with Gasteiger partial charge in [-0.3, -0.25) is 0 Å². The molecule has 2 heteroatoms. The highest BCUT2D eigenvalue weighted by atomic mass is 16.5. The molecule has 0 spiro atoms. The summed E-state index contributed by atoms with van der Waals surface area (Å²) in [7, 11) is 0. The molecule has 1 aliphatic heterocycles. The zero-order valence-electron chi connectivity index (χ0n) is 9.73. The van der Waals surface area contributed by atoms with Crippen molar-refractivity contribution in [2.75, 3.05) is 13.2 Å². The van der Waals surface area contributed by atoms with Crippen LogP contribution in [0.3, 0.4) is 0 Å². The molecule has 2 fully saturated rings. The molecular formula is C12H23NO. The first-order chi connectivity index (χ1) is 6.49. The van der Waals surface area contributed by atoms with Crippen LogP contribution in [0.15, 0.2) is 0 Å². The van der Waals surface area contributed by atoms with E-state index in [1.54, 1.807) is 0 Å². The Morgan fingerprint density at radius 2 is 2.00 bits per heavy atom. The highest BCUT2D eigenvalue weighted by Crippen LogP contribution is 2.44. The molecule has 1 heterocycles. The minimum Gasteiger partial charge on any atom is -0.375 e. The molecule has 2 nitrogen and oxygen atoms in total. The van der Waals surface area contributed by atoms with E-state index >= 15 is 0 Å².